The minimum atomic E-state index is -3.56. The molecule has 2 fully saturated rings. The number of ether oxygens (including phenoxy) is 1. The monoisotopic (exact) mass is 346 g/mol. The summed E-state index contributed by atoms with van der Waals surface area (Å²) in [5.41, 5.74) is 0. The fourth-order valence-electron chi connectivity index (χ4n) is 3.72. The van der Waals surface area contributed by atoms with Gasteiger partial charge in [0.2, 0.25) is 10.0 Å². The first-order valence-corrected chi connectivity index (χ1v) is 9.95. The van der Waals surface area contributed by atoms with Gasteiger partial charge in [0.05, 0.1) is 17.6 Å². The third-order valence-corrected chi connectivity index (χ3v) is 6.48. The highest BCUT2D eigenvalue weighted by Crippen LogP contribution is 2.24. The number of benzene rings is 2. The molecule has 0 spiro atoms. The SMILES string of the molecule is O=S(=O)(NC[C@@H]1CN2CCC[C@H]2CO1)c1cccc2ccccc12. The van der Waals surface area contributed by atoms with Crippen LogP contribution in [0.1, 0.15) is 12.8 Å². The minimum absolute atomic E-state index is 0.0795. The molecular weight excluding hydrogens is 324 g/mol. The molecule has 0 radical (unpaired) electrons. The van der Waals surface area contributed by atoms with Crippen molar-refractivity contribution in [1.82, 2.24) is 9.62 Å². The van der Waals surface area contributed by atoms with Crippen molar-refractivity contribution in [2.24, 2.45) is 0 Å². The number of nitrogens with zero attached hydrogens (tertiary/aromatic N) is 1. The highest BCUT2D eigenvalue weighted by molar-refractivity contribution is 7.89. The van der Waals surface area contributed by atoms with Gasteiger partial charge in [-0.05, 0) is 30.8 Å². The Hall–Kier alpha value is -1.47. The van der Waals surface area contributed by atoms with Gasteiger partial charge in [0.25, 0.3) is 0 Å². The molecule has 2 saturated heterocycles. The second kappa shape index (κ2) is 6.44. The summed E-state index contributed by atoms with van der Waals surface area (Å²) in [6.07, 6.45) is 2.32. The van der Waals surface area contributed by atoms with Crippen molar-refractivity contribution < 1.29 is 13.2 Å². The van der Waals surface area contributed by atoms with Crippen molar-refractivity contribution in [3.8, 4) is 0 Å². The van der Waals surface area contributed by atoms with Crippen LogP contribution in [0, 0.1) is 0 Å². The Morgan fingerprint density at radius 3 is 2.92 bits per heavy atom. The summed E-state index contributed by atoms with van der Waals surface area (Å²) < 4.78 is 34.1. The molecule has 2 aromatic carbocycles. The molecule has 0 saturated carbocycles. The van der Waals surface area contributed by atoms with Crippen LogP contribution in [-0.4, -0.2) is 51.7 Å². The lowest BCUT2D eigenvalue weighted by atomic mass is 10.1. The summed E-state index contributed by atoms with van der Waals surface area (Å²) in [6, 6.07) is 13.4. The lowest BCUT2D eigenvalue weighted by Gasteiger charge is -2.35. The third kappa shape index (κ3) is 3.07. The van der Waals surface area contributed by atoms with Gasteiger partial charge in [0.1, 0.15) is 0 Å². The maximum Gasteiger partial charge on any atom is 0.241 e. The van der Waals surface area contributed by atoms with E-state index < -0.39 is 10.0 Å². The van der Waals surface area contributed by atoms with Crippen molar-refractivity contribution >= 4 is 20.8 Å². The number of morpholine rings is 1. The standard InChI is InChI=1S/C18H22N2O3S/c21-24(22,18-9-3-6-14-5-1-2-8-17(14)18)19-11-16-12-20-10-4-7-15(20)13-23-16/h1-3,5-6,8-9,15-16,19H,4,7,10-13H2/t15-,16+/m0/s1. The Labute approximate surface area is 142 Å². The molecular formula is C18H22N2O3S. The predicted octanol–water partition coefficient (Wildman–Crippen LogP) is 1.98. The largest absolute Gasteiger partial charge is 0.374 e. The lowest BCUT2D eigenvalue weighted by molar-refractivity contribution is -0.0448. The van der Waals surface area contributed by atoms with Gasteiger partial charge in [-0.25, -0.2) is 13.1 Å². The van der Waals surface area contributed by atoms with Gasteiger partial charge in [-0.2, -0.15) is 0 Å². The van der Waals surface area contributed by atoms with Gasteiger partial charge >= 0.3 is 0 Å². The van der Waals surface area contributed by atoms with Crippen molar-refractivity contribution in [2.75, 3.05) is 26.2 Å². The maximum atomic E-state index is 12.7. The van der Waals surface area contributed by atoms with Crippen LogP contribution in [0.15, 0.2) is 47.4 Å². The average molecular weight is 346 g/mol. The van der Waals surface area contributed by atoms with E-state index in [2.05, 4.69) is 9.62 Å². The van der Waals surface area contributed by atoms with E-state index in [4.69, 9.17) is 4.74 Å². The highest BCUT2D eigenvalue weighted by Gasteiger charge is 2.32. The molecule has 128 valence electrons. The van der Waals surface area contributed by atoms with Gasteiger partial charge in [0.15, 0.2) is 0 Å². The molecule has 2 aromatic rings. The number of fused-ring (bicyclic) bond motifs is 2. The molecule has 2 aliphatic heterocycles. The fraction of sp³-hybridized carbons (Fsp3) is 0.444. The number of sulfonamides is 1. The first-order valence-electron chi connectivity index (χ1n) is 8.46. The molecule has 1 N–H and O–H groups in total. The quantitative estimate of drug-likeness (QED) is 0.920. The topological polar surface area (TPSA) is 58.6 Å². The smallest absolute Gasteiger partial charge is 0.241 e. The van der Waals surface area contributed by atoms with Gasteiger partial charge in [-0.1, -0.05) is 36.4 Å². The zero-order valence-corrected chi connectivity index (χ0v) is 14.3. The molecule has 2 aliphatic rings. The molecule has 6 heteroatoms. The van der Waals surface area contributed by atoms with E-state index in [0.29, 0.717) is 24.1 Å². The molecule has 24 heavy (non-hydrogen) atoms. The minimum Gasteiger partial charge on any atom is -0.374 e. The molecule has 2 atom stereocenters. The first-order chi connectivity index (χ1) is 11.6. The Balaban J connectivity index is 1.49. The molecule has 0 aromatic heterocycles. The first kappa shape index (κ1) is 16.0. The van der Waals surface area contributed by atoms with E-state index >= 15 is 0 Å². The van der Waals surface area contributed by atoms with Gasteiger partial charge < -0.3 is 4.74 Å². The van der Waals surface area contributed by atoms with Crippen LogP contribution in [-0.2, 0) is 14.8 Å². The van der Waals surface area contributed by atoms with E-state index in [1.807, 2.05) is 30.3 Å². The van der Waals surface area contributed by atoms with Crippen LogP contribution >= 0.6 is 0 Å². The highest BCUT2D eigenvalue weighted by atomic mass is 32.2. The number of nitrogens with one attached hydrogen (secondary N) is 1. The summed E-state index contributed by atoms with van der Waals surface area (Å²) in [5.74, 6) is 0. The molecule has 2 heterocycles. The Morgan fingerprint density at radius 1 is 1.17 bits per heavy atom. The summed E-state index contributed by atoms with van der Waals surface area (Å²) in [7, 11) is -3.56. The van der Waals surface area contributed by atoms with Gasteiger partial charge in [0, 0.05) is 24.5 Å². The second-order valence-electron chi connectivity index (χ2n) is 6.58. The van der Waals surface area contributed by atoms with Crippen LogP contribution in [0.4, 0.5) is 0 Å². The Bertz CT molecular complexity index is 832. The van der Waals surface area contributed by atoms with Crippen LogP contribution in [0.5, 0.6) is 0 Å². The summed E-state index contributed by atoms with van der Waals surface area (Å²) >= 11 is 0. The summed E-state index contributed by atoms with van der Waals surface area (Å²) in [5, 5.41) is 1.67. The van der Waals surface area contributed by atoms with Crippen molar-refractivity contribution in [2.45, 2.75) is 29.9 Å². The molecule has 0 bridgehead atoms. The lowest BCUT2D eigenvalue weighted by Crippen LogP contribution is -2.50. The van der Waals surface area contributed by atoms with E-state index in [1.54, 1.807) is 12.1 Å². The number of rotatable bonds is 4. The Kier molecular flexibility index (Phi) is 4.30. The van der Waals surface area contributed by atoms with Crippen LogP contribution in [0.2, 0.25) is 0 Å². The number of hydrogen-bond donors (Lipinski definition) is 1. The van der Waals surface area contributed by atoms with Crippen molar-refractivity contribution in [3.63, 3.8) is 0 Å². The predicted molar refractivity (Wildman–Crippen MR) is 93.5 cm³/mol. The van der Waals surface area contributed by atoms with E-state index in [1.165, 1.54) is 12.8 Å². The van der Waals surface area contributed by atoms with Crippen molar-refractivity contribution in [3.05, 3.63) is 42.5 Å². The van der Waals surface area contributed by atoms with Crippen LogP contribution < -0.4 is 4.72 Å². The van der Waals surface area contributed by atoms with E-state index in [-0.39, 0.29) is 6.10 Å². The van der Waals surface area contributed by atoms with Crippen LogP contribution in [0.25, 0.3) is 10.8 Å². The maximum absolute atomic E-state index is 12.7. The zero-order chi connectivity index (χ0) is 16.6. The second-order valence-corrected chi connectivity index (χ2v) is 8.31. The van der Waals surface area contributed by atoms with E-state index in [0.717, 1.165) is 23.9 Å². The molecule has 0 amide bonds. The molecule has 0 unspecified atom stereocenters. The fourth-order valence-corrected chi connectivity index (χ4v) is 5.01. The zero-order valence-electron chi connectivity index (χ0n) is 13.5. The number of hydrogen-bond acceptors (Lipinski definition) is 4. The normalized spacial score (nSPS) is 25.0. The van der Waals surface area contributed by atoms with Crippen LogP contribution in [0.3, 0.4) is 0 Å². The molecule has 0 aliphatic carbocycles. The molecule has 4 rings (SSSR count). The van der Waals surface area contributed by atoms with Gasteiger partial charge in [-0.3, -0.25) is 4.90 Å². The summed E-state index contributed by atoms with van der Waals surface area (Å²) in [6.45, 7) is 2.93. The van der Waals surface area contributed by atoms with Crippen molar-refractivity contribution in [1.29, 1.82) is 0 Å². The average Bonchev–Trinajstić information content (AvgIpc) is 3.07. The van der Waals surface area contributed by atoms with Gasteiger partial charge in [-0.15, -0.1) is 0 Å². The van der Waals surface area contributed by atoms with E-state index in [9.17, 15) is 8.42 Å². The third-order valence-electron chi connectivity index (χ3n) is 5.00. The summed E-state index contributed by atoms with van der Waals surface area (Å²) in [4.78, 5) is 2.75. The Morgan fingerprint density at radius 2 is 2.00 bits per heavy atom. The molecule has 5 nitrogen and oxygen atoms in total.